The first-order chi connectivity index (χ1) is 12.0. The Labute approximate surface area is 154 Å². The Morgan fingerprint density at radius 1 is 0.920 bits per heavy atom. The third-order valence-corrected chi connectivity index (χ3v) is 5.93. The van der Waals surface area contributed by atoms with Crippen molar-refractivity contribution in [2.24, 2.45) is 11.8 Å². The first kappa shape index (κ1) is 16.7. The Morgan fingerprint density at radius 2 is 1.60 bits per heavy atom. The molecule has 5 heteroatoms. The molecule has 128 valence electrons. The zero-order valence-corrected chi connectivity index (χ0v) is 14.8. The first-order valence-electron chi connectivity index (χ1n) is 8.28. The molecule has 25 heavy (non-hydrogen) atoms. The molecule has 2 unspecified atom stereocenters. The van der Waals surface area contributed by atoms with Gasteiger partial charge in [-0.05, 0) is 60.7 Å². The van der Waals surface area contributed by atoms with Crippen molar-refractivity contribution < 1.29 is 14.0 Å². The lowest BCUT2D eigenvalue weighted by molar-refractivity contribution is -0.135. The lowest BCUT2D eigenvalue weighted by atomic mass is 9.75. The zero-order valence-electron chi connectivity index (χ0n) is 13.3. The van der Waals surface area contributed by atoms with E-state index < -0.39 is 11.7 Å². The summed E-state index contributed by atoms with van der Waals surface area (Å²) in [5.41, 5.74) is 1.42. The van der Waals surface area contributed by atoms with Crippen LogP contribution in [-0.4, -0.2) is 11.6 Å². The van der Waals surface area contributed by atoms with Gasteiger partial charge in [-0.15, -0.1) is 0 Å². The number of hydrogen-bond donors (Lipinski definition) is 0. The van der Waals surface area contributed by atoms with E-state index in [1.165, 1.54) is 6.07 Å². The molecule has 2 atom stereocenters. The van der Waals surface area contributed by atoms with Gasteiger partial charge in [0.1, 0.15) is 11.7 Å². The van der Waals surface area contributed by atoms with Gasteiger partial charge >= 0.3 is 0 Å². The van der Waals surface area contributed by atoms with Crippen LogP contribution >= 0.6 is 23.2 Å². The van der Waals surface area contributed by atoms with Gasteiger partial charge in [0, 0.05) is 27.4 Å². The van der Waals surface area contributed by atoms with E-state index in [-0.39, 0.29) is 23.4 Å². The highest BCUT2D eigenvalue weighted by Gasteiger charge is 2.47. The van der Waals surface area contributed by atoms with Gasteiger partial charge in [0.2, 0.25) is 0 Å². The molecule has 2 aliphatic carbocycles. The molecule has 0 amide bonds. The lowest BCUT2D eigenvalue weighted by Gasteiger charge is -2.26. The standard InChI is InChI=1S/C20H15Cl2FO2/c21-13-4-5-14(17(23)9-13)10-3-6-16(22)15(8-10)18-19(24)11-1-2-12(7-11)20(18)25/h3-6,8-9,11-12,18H,1-2,7H2. The Kier molecular flexibility index (Phi) is 4.17. The number of fused-ring (bicyclic) bond motifs is 2. The van der Waals surface area contributed by atoms with Crippen molar-refractivity contribution in [1.29, 1.82) is 0 Å². The molecule has 0 spiro atoms. The molecule has 0 aromatic heterocycles. The highest BCUT2D eigenvalue weighted by molar-refractivity contribution is 6.32. The van der Waals surface area contributed by atoms with Crippen LogP contribution in [0.5, 0.6) is 0 Å². The van der Waals surface area contributed by atoms with E-state index in [4.69, 9.17) is 23.2 Å². The van der Waals surface area contributed by atoms with Crippen molar-refractivity contribution in [3.63, 3.8) is 0 Å². The Bertz CT molecular complexity index is 871. The summed E-state index contributed by atoms with van der Waals surface area (Å²) in [4.78, 5) is 25.5. The lowest BCUT2D eigenvalue weighted by Crippen LogP contribution is -2.35. The van der Waals surface area contributed by atoms with Crippen LogP contribution in [0.3, 0.4) is 0 Å². The fourth-order valence-electron chi connectivity index (χ4n) is 4.07. The summed E-state index contributed by atoms with van der Waals surface area (Å²) in [6, 6.07) is 9.40. The van der Waals surface area contributed by atoms with Gasteiger partial charge in [-0.25, -0.2) is 4.39 Å². The molecule has 0 radical (unpaired) electrons. The minimum absolute atomic E-state index is 0.0469. The molecule has 0 N–H and O–H groups in total. The van der Waals surface area contributed by atoms with Crippen molar-refractivity contribution in [3.05, 3.63) is 57.8 Å². The molecule has 0 aliphatic heterocycles. The number of hydrogen-bond acceptors (Lipinski definition) is 2. The third-order valence-electron chi connectivity index (χ3n) is 5.36. The average Bonchev–Trinajstić information content (AvgIpc) is 3.02. The molecule has 2 fully saturated rings. The van der Waals surface area contributed by atoms with Crippen LogP contribution in [0.4, 0.5) is 4.39 Å². The topological polar surface area (TPSA) is 34.1 Å². The third kappa shape index (κ3) is 2.80. The van der Waals surface area contributed by atoms with Gasteiger partial charge in [0.15, 0.2) is 11.6 Å². The van der Waals surface area contributed by atoms with Crippen molar-refractivity contribution in [2.45, 2.75) is 25.2 Å². The van der Waals surface area contributed by atoms with Gasteiger partial charge in [0.25, 0.3) is 0 Å². The van der Waals surface area contributed by atoms with E-state index in [1.807, 2.05) is 0 Å². The Hall–Kier alpha value is -1.71. The molecule has 4 rings (SSSR count). The van der Waals surface area contributed by atoms with E-state index >= 15 is 0 Å². The molecule has 2 aromatic carbocycles. The van der Waals surface area contributed by atoms with Crippen LogP contribution in [0.1, 0.15) is 30.7 Å². The van der Waals surface area contributed by atoms with Gasteiger partial charge < -0.3 is 0 Å². The number of benzene rings is 2. The van der Waals surface area contributed by atoms with Crippen LogP contribution in [0.2, 0.25) is 10.0 Å². The zero-order chi connectivity index (χ0) is 17.7. The maximum Gasteiger partial charge on any atom is 0.150 e. The number of carbonyl (C=O) groups excluding carboxylic acids is 2. The summed E-state index contributed by atoms with van der Waals surface area (Å²) < 4.78 is 14.2. The smallest absolute Gasteiger partial charge is 0.150 e. The second kappa shape index (κ2) is 6.22. The quantitative estimate of drug-likeness (QED) is 0.652. The Balaban J connectivity index is 1.80. The highest BCUT2D eigenvalue weighted by Crippen LogP contribution is 2.45. The summed E-state index contributed by atoms with van der Waals surface area (Å²) in [5, 5.41) is 0.677. The number of carbonyl (C=O) groups is 2. The van der Waals surface area contributed by atoms with Gasteiger partial charge in [-0.1, -0.05) is 29.3 Å². The van der Waals surface area contributed by atoms with E-state index in [9.17, 15) is 14.0 Å². The van der Waals surface area contributed by atoms with E-state index in [2.05, 4.69) is 0 Å². The molecule has 0 saturated heterocycles. The number of Topliss-reactive ketones (excluding diaryl/α,β-unsaturated/α-hetero) is 2. The first-order valence-corrected chi connectivity index (χ1v) is 9.03. The highest BCUT2D eigenvalue weighted by atomic mass is 35.5. The average molecular weight is 377 g/mol. The van der Waals surface area contributed by atoms with Crippen LogP contribution in [0.25, 0.3) is 11.1 Å². The van der Waals surface area contributed by atoms with Crippen LogP contribution < -0.4 is 0 Å². The van der Waals surface area contributed by atoms with Crippen molar-refractivity contribution in [2.75, 3.05) is 0 Å². The molecular formula is C20H15Cl2FO2. The van der Waals surface area contributed by atoms with E-state index in [0.29, 0.717) is 33.2 Å². The summed E-state index contributed by atoms with van der Waals surface area (Å²) in [6.07, 6.45) is 2.21. The predicted octanol–water partition coefficient (Wildman–Crippen LogP) is 5.45. The maximum absolute atomic E-state index is 14.2. The van der Waals surface area contributed by atoms with Crippen LogP contribution in [0.15, 0.2) is 36.4 Å². The van der Waals surface area contributed by atoms with Gasteiger partial charge in [-0.2, -0.15) is 0 Å². The second-order valence-corrected chi connectivity index (χ2v) is 7.65. The minimum atomic E-state index is -0.825. The molecule has 2 aromatic rings. The van der Waals surface area contributed by atoms with Gasteiger partial charge in [-0.3, -0.25) is 9.59 Å². The summed E-state index contributed by atoms with van der Waals surface area (Å²) in [6.45, 7) is 0. The molecular weight excluding hydrogens is 362 g/mol. The summed E-state index contributed by atoms with van der Waals surface area (Å²) in [7, 11) is 0. The normalized spacial score (nSPS) is 25.5. The largest absolute Gasteiger partial charge is 0.298 e. The minimum Gasteiger partial charge on any atom is -0.298 e. The van der Waals surface area contributed by atoms with Crippen molar-refractivity contribution in [1.82, 2.24) is 0 Å². The monoisotopic (exact) mass is 376 g/mol. The van der Waals surface area contributed by atoms with Crippen molar-refractivity contribution in [3.8, 4) is 11.1 Å². The van der Waals surface area contributed by atoms with Crippen molar-refractivity contribution >= 4 is 34.8 Å². The molecule has 2 bridgehead atoms. The number of ketones is 2. The molecule has 0 heterocycles. The SMILES string of the molecule is O=C1C2CCC(C2)C(=O)C1c1cc(-c2ccc(Cl)cc2F)ccc1Cl. The summed E-state index contributed by atoms with van der Waals surface area (Å²) >= 11 is 12.1. The molecule has 2 saturated carbocycles. The van der Waals surface area contributed by atoms with Gasteiger partial charge in [0.05, 0.1) is 0 Å². The Morgan fingerprint density at radius 3 is 2.24 bits per heavy atom. The molecule has 2 nitrogen and oxygen atoms in total. The number of halogens is 3. The van der Waals surface area contributed by atoms with E-state index in [0.717, 1.165) is 12.8 Å². The number of rotatable bonds is 2. The van der Waals surface area contributed by atoms with E-state index in [1.54, 1.807) is 30.3 Å². The summed E-state index contributed by atoms with van der Waals surface area (Å²) in [5.74, 6) is -1.49. The maximum atomic E-state index is 14.2. The molecule has 2 aliphatic rings. The predicted molar refractivity (Wildman–Crippen MR) is 95.4 cm³/mol. The second-order valence-electron chi connectivity index (χ2n) is 6.81. The fraction of sp³-hybridized carbons (Fsp3) is 0.300. The van der Waals surface area contributed by atoms with Crippen LogP contribution in [0, 0.1) is 17.7 Å². The van der Waals surface area contributed by atoms with Crippen LogP contribution in [-0.2, 0) is 9.59 Å². The fourth-order valence-corrected chi connectivity index (χ4v) is 4.46.